The van der Waals surface area contributed by atoms with Crippen LogP contribution in [0.15, 0.2) is 64.1 Å². The van der Waals surface area contributed by atoms with Gasteiger partial charge in [0, 0.05) is 30.1 Å². The lowest BCUT2D eigenvalue weighted by Gasteiger charge is -2.45. The van der Waals surface area contributed by atoms with Crippen LogP contribution < -0.4 is 5.32 Å². The van der Waals surface area contributed by atoms with Crippen molar-refractivity contribution < 1.29 is 22.1 Å². The summed E-state index contributed by atoms with van der Waals surface area (Å²) in [6.45, 7) is 25.9. The maximum Gasteiger partial charge on any atom is 0.208 e. The molecule has 1 aromatic carbocycles. The van der Waals surface area contributed by atoms with E-state index in [-0.39, 0.29) is 38.7 Å². The number of benzene rings is 1. The molecule has 0 aliphatic heterocycles. The first kappa shape index (κ1) is 38.6. The van der Waals surface area contributed by atoms with Gasteiger partial charge in [0.25, 0.3) is 0 Å². The van der Waals surface area contributed by atoms with E-state index in [1.165, 1.54) is 24.0 Å². The van der Waals surface area contributed by atoms with Gasteiger partial charge in [0.15, 0.2) is 8.32 Å². The molecule has 264 valence electrons. The fourth-order valence-electron chi connectivity index (χ4n) is 6.98. The summed E-state index contributed by atoms with van der Waals surface area (Å²) in [5, 5.41) is 5.21. The Hall–Kier alpha value is -2.23. The average molecular weight is 730 g/mol. The van der Waals surface area contributed by atoms with Gasteiger partial charge in [0.1, 0.15) is 12.1 Å². The van der Waals surface area contributed by atoms with Crippen LogP contribution in [0.3, 0.4) is 0 Å². The molecule has 48 heavy (non-hydrogen) atoms. The third-order valence-corrected chi connectivity index (χ3v) is 24.1. The van der Waals surface area contributed by atoms with Crippen LogP contribution in [0.2, 0.25) is 34.8 Å². The number of nitrogens with one attached hydrogen (secondary N) is 1. The predicted octanol–water partition coefficient (Wildman–Crippen LogP) is 9.37. The van der Waals surface area contributed by atoms with E-state index in [0.717, 1.165) is 24.2 Å². The van der Waals surface area contributed by atoms with Crippen LogP contribution in [-0.4, -0.2) is 59.6 Å². The van der Waals surface area contributed by atoms with E-state index >= 15 is 0 Å². The van der Waals surface area contributed by atoms with Crippen LogP contribution in [0, 0.1) is 5.92 Å². The van der Waals surface area contributed by atoms with Crippen molar-refractivity contribution in [1.29, 1.82) is 0 Å². The molecule has 8 nitrogen and oxygen atoms in total. The van der Waals surface area contributed by atoms with Gasteiger partial charge in [0.05, 0.1) is 26.3 Å². The topological polar surface area (TPSA) is 107 Å². The van der Waals surface area contributed by atoms with Gasteiger partial charge in [-0.3, -0.25) is 4.79 Å². The molecule has 3 atom stereocenters. The number of rotatable bonds is 14. The van der Waals surface area contributed by atoms with Crippen molar-refractivity contribution >= 4 is 49.4 Å². The number of carbonyl (C=O) groups is 1. The number of hydrogen-bond donors (Lipinski definition) is 1. The minimum Gasteiger partial charge on any atom is -0.416 e. The molecule has 1 aliphatic rings. The summed E-state index contributed by atoms with van der Waals surface area (Å²) in [6, 6.07) is 9.72. The molecule has 2 aromatic heterocycles. The third-order valence-electron chi connectivity index (χ3n) is 10.6. The smallest absolute Gasteiger partial charge is 0.208 e. The quantitative estimate of drug-likeness (QED) is 0.129. The SMILES string of the molecule is CC(C)[Si](O[C@H]1C[C@H](Nc2ncncc2C(=O)c2cc(S(=O)(=O)c3ccccc3)cs2)C[C@@H]1CO[Si](C)(C)C(C)(C)C)(C(C)C)C(C)C. The van der Waals surface area contributed by atoms with Crippen molar-refractivity contribution in [1.82, 2.24) is 9.97 Å². The highest BCUT2D eigenvalue weighted by Crippen LogP contribution is 2.47. The van der Waals surface area contributed by atoms with Crippen LogP contribution in [0.4, 0.5) is 5.82 Å². The Balaban J connectivity index is 1.60. The highest BCUT2D eigenvalue weighted by molar-refractivity contribution is 7.91. The lowest BCUT2D eigenvalue weighted by atomic mass is 10.1. The fourth-order valence-corrected chi connectivity index (χ4v) is 16.2. The number of ketones is 1. The van der Waals surface area contributed by atoms with E-state index in [2.05, 4.69) is 90.7 Å². The Labute approximate surface area is 294 Å². The number of aromatic nitrogens is 2. The molecule has 1 N–H and O–H groups in total. The van der Waals surface area contributed by atoms with E-state index in [4.69, 9.17) is 8.85 Å². The number of anilines is 1. The molecule has 0 radical (unpaired) electrons. The van der Waals surface area contributed by atoms with E-state index in [1.807, 2.05) is 0 Å². The second kappa shape index (κ2) is 14.9. The predicted molar refractivity (Wildman–Crippen MR) is 201 cm³/mol. The number of nitrogens with zero attached hydrogens (tertiary/aromatic N) is 2. The van der Waals surface area contributed by atoms with Crippen molar-refractivity contribution in [2.45, 2.75) is 132 Å². The van der Waals surface area contributed by atoms with Gasteiger partial charge in [-0.1, -0.05) is 80.5 Å². The van der Waals surface area contributed by atoms with Gasteiger partial charge in [-0.2, -0.15) is 0 Å². The van der Waals surface area contributed by atoms with Gasteiger partial charge >= 0.3 is 0 Å². The maximum absolute atomic E-state index is 13.8. The van der Waals surface area contributed by atoms with Gasteiger partial charge in [-0.25, -0.2) is 18.4 Å². The fraction of sp³-hybridized carbons (Fsp3) is 0.583. The minimum atomic E-state index is -3.74. The normalized spacial score (nSPS) is 19.4. The van der Waals surface area contributed by atoms with E-state index in [1.54, 1.807) is 30.3 Å². The first-order valence-electron chi connectivity index (χ1n) is 17.1. The van der Waals surface area contributed by atoms with Crippen molar-refractivity contribution in [3.63, 3.8) is 0 Å². The number of carbonyl (C=O) groups excluding carboxylic acids is 1. The minimum absolute atomic E-state index is 0.0139. The summed E-state index contributed by atoms with van der Waals surface area (Å²) >= 11 is 1.11. The van der Waals surface area contributed by atoms with Crippen LogP contribution in [0.25, 0.3) is 0 Å². The zero-order valence-corrected chi connectivity index (χ0v) is 34.2. The van der Waals surface area contributed by atoms with Crippen LogP contribution >= 0.6 is 11.3 Å². The second-order valence-corrected chi connectivity index (χ2v) is 28.8. The summed E-state index contributed by atoms with van der Waals surface area (Å²) in [5.74, 6) is 0.335. The molecule has 1 fully saturated rings. The molecule has 3 aromatic rings. The van der Waals surface area contributed by atoms with Crippen LogP contribution in [0.5, 0.6) is 0 Å². The number of hydrogen-bond acceptors (Lipinski definition) is 9. The highest BCUT2D eigenvalue weighted by atomic mass is 32.2. The van der Waals surface area contributed by atoms with Crippen molar-refractivity contribution in [3.8, 4) is 0 Å². The second-order valence-electron chi connectivity index (χ2n) is 15.7. The molecular formula is C36H55N3O5S2Si2. The van der Waals surface area contributed by atoms with E-state index in [0.29, 0.717) is 39.5 Å². The zero-order valence-electron chi connectivity index (χ0n) is 30.5. The van der Waals surface area contributed by atoms with Crippen molar-refractivity contribution in [3.05, 3.63) is 64.7 Å². The summed E-state index contributed by atoms with van der Waals surface area (Å²) in [7, 11) is -7.91. The number of thiophene rings is 1. The Kier molecular flexibility index (Phi) is 12.0. The highest BCUT2D eigenvalue weighted by Gasteiger charge is 2.50. The first-order valence-corrected chi connectivity index (χ1v) is 24.5. The largest absolute Gasteiger partial charge is 0.416 e. The van der Waals surface area contributed by atoms with Gasteiger partial charge in [0.2, 0.25) is 23.9 Å². The molecule has 1 aliphatic carbocycles. The van der Waals surface area contributed by atoms with Crippen LogP contribution in [-0.2, 0) is 18.7 Å². The van der Waals surface area contributed by atoms with Crippen LogP contribution in [0.1, 0.15) is 90.4 Å². The molecule has 4 rings (SSSR count). The molecule has 12 heteroatoms. The number of sulfone groups is 1. The van der Waals surface area contributed by atoms with Crippen molar-refractivity contribution in [2.75, 3.05) is 11.9 Å². The van der Waals surface area contributed by atoms with E-state index in [9.17, 15) is 13.2 Å². The Morgan fingerprint density at radius 2 is 1.62 bits per heavy atom. The molecule has 1 saturated carbocycles. The lowest BCUT2D eigenvalue weighted by molar-refractivity contribution is 0.0971. The monoisotopic (exact) mass is 729 g/mol. The first-order chi connectivity index (χ1) is 22.3. The van der Waals surface area contributed by atoms with Gasteiger partial charge in [-0.15, -0.1) is 11.3 Å². The van der Waals surface area contributed by atoms with Gasteiger partial charge < -0.3 is 14.2 Å². The molecule has 0 saturated heterocycles. The lowest BCUT2D eigenvalue weighted by Crippen LogP contribution is -2.51. The molecule has 0 unspecified atom stereocenters. The van der Waals surface area contributed by atoms with Gasteiger partial charge in [-0.05, 0) is 65.8 Å². The summed E-state index contributed by atoms with van der Waals surface area (Å²) in [6.07, 6.45) is 4.58. The Bertz CT molecular complexity index is 1630. The Morgan fingerprint density at radius 3 is 2.21 bits per heavy atom. The molecule has 0 bridgehead atoms. The Morgan fingerprint density at radius 1 is 1.00 bits per heavy atom. The summed E-state index contributed by atoms with van der Waals surface area (Å²) in [5.41, 5.74) is 1.69. The summed E-state index contributed by atoms with van der Waals surface area (Å²) < 4.78 is 40.6. The summed E-state index contributed by atoms with van der Waals surface area (Å²) in [4.78, 5) is 23.1. The van der Waals surface area contributed by atoms with Crippen molar-refractivity contribution in [2.24, 2.45) is 5.92 Å². The third kappa shape index (κ3) is 8.05. The average Bonchev–Trinajstić information content (AvgIpc) is 3.66. The zero-order chi connectivity index (χ0) is 35.7. The molecule has 0 spiro atoms. The standard InChI is InChI=1S/C36H55N3O5S2Si2/c1-24(2)48(25(3)4,26(5)6)44-32-18-28(17-27(32)21-43-47(10,11)36(7,8)9)39-35-31(20-37-23-38-35)34(40)33-19-30(22-45-33)46(41,42)29-15-13-12-14-16-29/h12-16,19-20,22-28,32H,17-18,21H2,1-11H3,(H,37,38,39)/t27-,28-,32+/m1/s1. The van der Waals surface area contributed by atoms with E-state index < -0.39 is 26.5 Å². The molecular weight excluding hydrogens is 675 g/mol. The molecule has 2 heterocycles. The molecule has 0 amide bonds. The maximum atomic E-state index is 13.8.